The molecule has 0 saturated heterocycles. The number of hydrogen-bond donors (Lipinski definition) is 1. The Balaban J connectivity index is 2.58. The maximum atomic E-state index is 13.1. The third kappa shape index (κ3) is 1.87. The molecule has 3 nitrogen and oxygen atoms in total. The van der Waals surface area contributed by atoms with Crippen molar-refractivity contribution in [1.29, 1.82) is 0 Å². The number of benzene rings is 1. The molecule has 1 aromatic heterocycles. The normalized spacial score (nSPS) is 10.6. The van der Waals surface area contributed by atoms with E-state index < -0.39 is 0 Å². The van der Waals surface area contributed by atoms with Crippen molar-refractivity contribution in [3.63, 3.8) is 0 Å². The van der Waals surface area contributed by atoms with E-state index in [1.165, 1.54) is 6.07 Å². The fraction of sp³-hybridized carbons (Fsp3) is 0.100. The number of hydrogen-bond acceptors (Lipinski definition) is 2. The Morgan fingerprint density at radius 2 is 2.20 bits per heavy atom. The van der Waals surface area contributed by atoms with E-state index in [0.717, 1.165) is 5.56 Å². The van der Waals surface area contributed by atoms with Gasteiger partial charge in [0.2, 0.25) is 0 Å². The topological polar surface area (TPSA) is 43.8 Å². The molecule has 1 aromatic carbocycles. The minimum atomic E-state index is -0.375. The van der Waals surface area contributed by atoms with Gasteiger partial charge in [0.15, 0.2) is 0 Å². The van der Waals surface area contributed by atoms with E-state index in [1.54, 1.807) is 16.9 Å². The van der Waals surface area contributed by atoms with Gasteiger partial charge in [-0.25, -0.2) is 9.07 Å². The molecule has 1 heterocycles. The van der Waals surface area contributed by atoms with Crippen LogP contribution in [0.1, 0.15) is 5.56 Å². The zero-order valence-corrected chi connectivity index (χ0v) is 9.62. The van der Waals surface area contributed by atoms with Gasteiger partial charge >= 0.3 is 0 Å². The Bertz CT molecular complexity index is 507. The van der Waals surface area contributed by atoms with Crippen LogP contribution in [0.3, 0.4) is 0 Å². The van der Waals surface area contributed by atoms with E-state index in [-0.39, 0.29) is 5.82 Å². The number of rotatable bonds is 1. The highest BCUT2D eigenvalue weighted by Crippen LogP contribution is 2.25. The predicted octanol–water partition coefficient (Wildman–Crippen LogP) is 2.66. The fourth-order valence-electron chi connectivity index (χ4n) is 1.29. The first-order valence-corrected chi connectivity index (χ1v) is 5.13. The molecule has 0 aliphatic heterocycles. The molecule has 2 N–H and O–H groups in total. The lowest BCUT2D eigenvalue weighted by Crippen LogP contribution is -2.01. The molecule has 0 bridgehead atoms. The van der Waals surface area contributed by atoms with Crippen LogP contribution in [0.2, 0.25) is 0 Å². The zero-order chi connectivity index (χ0) is 11.0. The Labute approximate surface area is 94.8 Å². The molecule has 0 atom stereocenters. The van der Waals surface area contributed by atoms with Crippen molar-refractivity contribution in [2.75, 3.05) is 5.73 Å². The van der Waals surface area contributed by atoms with Crippen LogP contribution >= 0.6 is 15.9 Å². The number of aryl methyl sites for hydroxylation is 1. The molecule has 2 aromatic rings. The molecule has 0 spiro atoms. The molecule has 0 radical (unpaired) electrons. The van der Waals surface area contributed by atoms with Crippen LogP contribution in [0.5, 0.6) is 0 Å². The highest BCUT2D eigenvalue weighted by Gasteiger charge is 2.08. The molecule has 0 amide bonds. The standard InChI is InChI=1S/C10H9BrFN3/c1-6-4-14-15(5-6)10-2-7(11)8(12)3-9(10)13/h2-5H,13H2,1H3. The minimum Gasteiger partial charge on any atom is -0.397 e. The molecule has 15 heavy (non-hydrogen) atoms. The second-order valence-electron chi connectivity index (χ2n) is 3.29. The van der Waals surface area contributed by atoms with E-state index in [0.29, 0.717) is 15.8 Å². The van der Waals surface area contributed by atoms with Gasteiger partial charge in [0.1, 0.15) is 5.82 Å². The second-order valence-corrected chi connectivity index (χ2v) is 4.14. The number of nitrogens with two attached hydrogens (primary N) is 1. The minimum absolute atomic E-state index is 0.360. The summed E-state index contributed by atoms with van der Waals surface area (Å²) >= 11 is 3.11. The Morgan fingerprint density at radius 1 is 1.47 bits per heavy atom. The Morgan fingerprint density at radius 3 is 2.80 bits per heavy atom. The van der Waals surface area contributed by atoms with Gasteiger partial charge in [-0.2, -0.15) is 5.10 Å². The average molecular weight is 270 g/mol. The summed E-state index contributed by atoms with van der Waals surface area (Å²) in [6, 6.07) is 2.88. The summed E-state index contributed by atoms with van der Waals surface area (Å²) in [7, 11) is 0. The zero-order valence-electron chi connectivity index (χ0n) is 8.04. The SMILES string of the molecule is Cc1cnn(-c2cc(Br)c(F)cc2N)c1. The molecular formula is C10H9BrFN3. The lowest BCUT2D eigenvalue weighted by atomic mass is 10.2. The van der Waals surface area contributed by atoms with Crippen LogP contribution in [0.15, 0.2) is 29.0 Å². The van der Waals surface area contributed by atoms with Crippen LogP contribution in [0.4, 0.5) is 10.1 Å². The Kier molecular flexibility index (Phi) is 2.48. The van der Waals surface area contributed by atoms with Crippen LogP contribution < -0.4 is 5.73 Å². The first-order valence-electron chi connectivity index (χ1n) is 4.34. The first-order chi connectivity index (χ1) is 7.08. The monoisotopic (exact) mass is 269 g/mol. The number of aromatic nitrogens is 2. The van der Waals surface area contributed by atoms with E-state index in [1.807, 2.05) is 13.1 Å². The molecule has 0 aliphatic rings. The van der Waals surface area contributed by atoms with E-state index in [9.17, 15) is 4.39 Å². The molecule has 5 heteroatoms. The third-order valence-electron chi connectivity index (χ3n) is 2.03. The van der Waals surface area contributed by atoms with E-state index in [4.69, 9.17) is 5.73 Å². The van der Waals surface area contributed by atoms with Crippen molar-refractivity contribution in [3.05, 3.63) is 40.4 Å². The summed E-state index contributed by atoms with van der Waals surface area (Å²) in [4.78, 5) is 0. The molecule has 0 unspecified atom stereocenters. The molecular weight excluding hydrogens is 261 g/mol. The van der Waals surface area contributed by atoms with Gasteiger partial charge in [0.25, 0.3) is 0 Å². The molecule has 2 rings (SSSR count). The smallest absolute Gasteiger partial charge is 0.139 e. The van der Waals surface area contributed by atoms with Crippen molar-refractivity contribution >= 4 is 21.6 Å². The van der Waals surface area contributed by atoms with Gasteiger partial charge in [-0.1, -0.05) is 0 Å². The first kappa shape index (κ1) is 10.2. The van der Waals surface area contributed by atoms with E-state index >= 15 is 0 Å². The Hall–Kier alpha value is -1.36. The van der Waals surface area contributed by atoms with Gasteiger partial charge < -0.3 is 5.73 Å². The largest absolute Gasteiger partial charge is 0.397 e. The van der Waals surface area contributed by atoms with Crippen molar-refractivity contribution in [2.24, 2.45) is 0 Å². The third-order valence-corrected chi connectivity index (χ3v) is 2.64. The van der Waals surface area contributed by atoms with Crippen LogP contribution in [-0.2, 0) is 0 Å². The van der Waals surface area contributed by atoms with Crippen molar-refractivity contribution < 1.29 is 4.39 Å². The number of nitrogens with zero attached hydrogens (tertiary/aromatic N) is 2. The number of nitrogen functional groups attached to an aromatic ring is 1. The molecule has 0 saturated carbocycles. The highest BCUT2D eigenvalue weighted by atomic mass is 79.9. The maximum absolute atomic E-state index is 13.1. The molecule has 0 aliphatic carbocycles. The van der Waals surface area contributed by atoms with Crippen molar-refractivity contribution in [1.82, 2.24) is 9.78 Å². The summed E-state index contributed by atoms with van der Waals surface area (Å²) in [5.74, 6) is -0.375. The van der Waals surface area contributed by atoms with Crippen LogP contribution in [0, 0.1) is 12.7 Å². The molecule has 78 valence electrons. The van der Waals surface area contributed by atoms with Crippen molar-refractivity contribution in [2.45, 2.75) is 6.92 Å². The summed E-state index contributed by atoms with van der Waals surface area (Å²) in [6.07, 6.45) is 3.55. The van der Waals surface area contributed by atoms with Gasteiger partial charge in [-0.05, 0) is 34.5 Å². The number of halogens is 2. The summed E-state index contributed by atoms with van der Waals surface area (Å²) in [6.45, 7) is 1.93. The summed E-state index contributed by atoms with van der Waals surface area (Å²) < 4.78 is 15.1. The second kappa shape index (κ2) is 3.66. The summed E-state index contributed by atoms with van der Waals surface area (Å²) in [5, 5.41) is 4.11. The number of anilines is 1. The van der Waals surface area contributed by atoms with Gasteiger partial charge in [-0.3, -0.25) is 0 Å². The van der Waals surface area contributed by atoms with E-state index in [2.05, 4.69) is 21.0 Å². The maximum Gasteiger partial charge on any atom is 0.139 e. The predicted molar refractivity (Wildman–Crippen MR) is 60.4 cm³/mol. The lowest BCUT2D eigenvalue weighted by Gasteiger charge is -2.06. The lowest BCUT2D eigenvalue weighted by molar-refractivity contribution is 0.621. The van der Waals surface area contributed by atoms with Gasteiger partial charge in [-0.15, -0.1) is 0 Å². The van der Waals surface area contributed by atoms with Crippen LogP contribution in [-0.4, -0.2) is 9.78 Å². The molecule has 0 fully saturated rings. The van der Waals surface area contributed by atoms with Crippen LogP contribution in [0.25, 0.3) is 5.69 Å². The summed E-state index contributed by atoms with van der Waals surface area (Å²) in [5.41, 5.74) is 7.76. The average Bonchev–Trinajstić information content (AvgIpc) is 2.58. The van der Waals surface area contributed by atoms with Crippen molar-refractivity contribution in [3.8, 4) is 5.69 Å². The highest BCUT2D eigenvalue weighted by molar-refractivity contribution is 9.10. The fourth-order valence-corrected chi connectivity index (χ4v) is 1.63. The van der Waals surface area contributed by atoms with Gasteiger partial charge in [0.05, 0.1) is 22.0 Å². The quantitative estimate of drug-likeness (QED) is 0.809. The van der Waals surface area contributed by atoms with Gasteiger partial charge in [0, 0.05) is 12.3 Å².